The first kappa shape index (κ1) is 16.4. The van der Waals surface area contributed by atoms with Crippen LogP contribution >= 0.6 is 0 Å². The zero-order valence-electron chi connectivity index (χ0n) is 13.3. The minimum absolute atomic E-state index is 0.0251. The second kappa shape index (κ2) is 6.45. The van der Waals surface area contributed by atoms with Crippen molar-refractivity contribution < 1.29 is 9.84 Å². The highest BCUT2D eigenvalue weighted by Crippen LogP contribution is 2.36. The zero-order chi connectivity index (χ0) is 16.4. The van der Waals surface area contributed by atoms with Gasteiger partial charge in [-0.05, 0) is 13.3 Å². The van der Waals surface area contributed by atoms with Gasteiger partial charge in [-0.1, -0.05) is 20.8 Å². The first-order valence-electron chi connectivity index (χ1n) is 7.52. The molecule has 0 saturated carbocycles. The van der Waals surface area contributed by atoms with Crippen molar-refractivity contribution in [3.05, 3.63) is 16.2 Å². The molecule has 3 unspecified atom stereocenters. The van der Waals surface area contributed by atoms with E-state index in [9.17, 15) is 9.90 Å². The van der Waals surface area contributed by atoms with Gasteiger partial charge in [0.1, 0.15) is 12.1 Å². The van der Waals surface area contributed by atoms with Gasteiger partial charge in [0.25, 0.3) is 5.56 Å². The van der Waals surface area contributed by atoms with Crippen molar-refractivity contribution in [3.8, 4) is 0 Å². The number of imidazole rings is 1. The van der Waals surface area contributed by atoms with Crippen LogP contribution in [-0.4, -0.2) is 37.3 Å². The van der Waals surface area contributed by atoms with E-state index in [1.807, 2.05) is 20.8 Å². The number of H-pyrrole nitrogens is 1. The van der Waals surface area contributed by atoms with Crippen LogP contribution in [-0.2, 0) is 4.74 Å². The van der Waals surface area contributed by atoms with Crippen molar-refractivity contribution in [1.82, 2.24) is 19.5 Å². The Labute approximate surface area is 128 Å². The smallest absolute Gasteiger partial charge is 0.280 e. The lowest BCUT2D eigenvalue weighted by atomic mass is 10.1. The molecule has 3 rings (SSSR count). The molecule has 3 heterocycles. The third-order valence-corrected chi connectivity index (χ3v) is 3.66. The van der Waals surface area contributed by atoms with E-state index in [4.69, 9.17) is 10.5 Å². The van der Waals surface area contributed by atoms with Crippen LogP contribution in [0.15, 0.2) is 4.79 Å². The van der Waals surface area contributed by atoms with E-state index in [1.165, 1.54) is 0 Å². The topological polar surface area (TPSA) is 119 Å². The van der Waals surface area contributed by atoms with E-state index in [1.54, 1.807) is 11.5 Å². The molecule has 3 atom stereocenters. The maximum atomic E-state index is 11.8. The predicted octanol–water partition coefficient (Wildman–Crippen LogP) is 0.952. The molecule has 8 heteroatoms. The lowest BCUT2D eigenvalue weighted by Gasteiger charge is -2.19. The maximum absolute atomic E-state index is 11.8. The molecule has 1 fully saturated rings. The Bertz CT molecular complexity index is 708. The predicted molar refractivity (Wildman–Crippen MR) is 83.4 cm³/mol. The molecular weight excluding hydrogens is 286 g/mol. The van der Waals surface area contributed by atoms with E-state index >= 15 is 0 Å². The van der Waals surface area contributed by atoms with Crippen LogP contribution in [0.1, 0.15) is 39.2 Å². The average Bonchev–Trinajstić information content (AvgIpc) is 3.01. The molecule has 0 aliphatic carbocycles. The van der Waals surface area contributed by atoms with Gasteiger partial charge in [0.15, 0.2) is 11.2 Å². The molecule has 0 bridgehead atoms. The molecule has 0 aromatic carbocycles. The number of fused-ring (bicyclic) bond motifs is 1. The van der Waals surface area contributed by atoms with Crippen LogP contribution in [0, 0.1) is 12.8 Å². The van der Waals surface area contributed by atoms with Crippen LogP contribution in [0.5, 0.6) is 0 Å². The number of aromatic nitrogens is 4. The van der Waals surface area contributed by atoms with Crippen molar-refractivity contribution in [2.24, 2.45) is 5.92 Å². The number of ether oxygens (including phenoxy) is 1. The Morgan fingerprint density at radius 3 is 2.73 bits per heavy atom. The normalized spacial score (nSPS) is 24.3. The zero-order valence-corrected chi connectivity index (χ0v) is 13.3. The third kappa shape index (κ3) is 2.71. The van der Waals surface area contributed by atoms with Crippen LogP contribution < -0.4 is 11.3 Å². The highest BCUT2D eigenvalue weighted by molar-refractivity contribution is 5.71. The number of nitrogens with two attached hydrogens (primary N) is 1. The summed E-state index contributed by atoms with van der Waals surface area (Å²) in [6.07, 6.45) is 0.246. The minimum atomic E-state index is -0.362. The van der Waals surface area contributed by atoms with Crippen molar-refractivity contribution in [1.29, 1.82) is 0 Å². The fraction of sp³-hybridized carbons (Fsp3) is 0.643. The number of anilines is 1. The number of nitrogen functional groups attached to an aromatic ring is 1. The highest BCUT2D eigenvalue weighted by atomic mass is 16.5. The van der Waals surface area contributed by atoms with Crippen molar-refractivity contribution in [3.63, 3.8) is 0 Å². The van der Waals surface area contributed by atoms with Crippen molar-refractivity contribution in [2.75, 3.05) is 12.3 Å². The molecule has 1 saturated heterocycles. The van der Waals surface area contributed by atoms with Crippen LogP contribution in [0.2, 0.25) is 0 Å². The number of hydrogen-bond acceptors (Lipinski definition) is 6. The molecule has 0 spiro atoms. The van der Waals surface area contributed by atoms with Gasteiger partial charge in [-0.15, -0.1) is 0 Å². The third-order valence-electron chi connectivity index (χ3n) is 3.66. The lowest BCUT2D eigenvalue weighted by Crippen LogP contribution is -2.18. The molecule has 0 amide bonds. The molecule has 8 nitrogen and oxygen atoms in total. The maximum Gasteiger partial charge on any atom is 0.280 e. The highest BCUT2D eigenvalue weighted by Gasteiger charge is 2.35. The average molecular weight is 309 g/mol. The number of hydrogen-bond donors (Lipinski definition) is 3. The first-order valence-corrected chi connectivity index (χ1v) is 7.52. The van der Waals surface area contributed by atoms with Gasteiger partial charge in [-0.2, -0.15) is 4.98 Å². The van der Waals surface area contributed by atoms with Crippen LogP contribution in [0.3, 0.4) is 0 Å². The van der Waals surface area contributed by atoms with Gasteiger partial charge in [0.05, 0.1) is 12.7 Å². The summed E-state index contributed by atoms with van der Waals surface area (Å²) in [5, 5.41) is 9.23. The molecule has 2 aromatic rings. The summed E-state index contributed by atoms with van der Waals surface area (Å²) in [6, 6.07) is 0. The lowest BCUT2D eigenvalue weighted by molar-refractivity contribution is -0.0303. The summed E-state index contributed by atoms with van der Waals surface area (Å²) in [7, 11) is 0. The van der Waals surface area contributed by atoms with Gasteiger partial charge in [0, 0.05) is 5.92 Å². The number of nitrogens with zero attached hydrogens (tertiary/aromatic N) is 3. The van der Waals surface area contributed by atoms with E-state index in [0.29, 0.717) is 11.5 Å². The van der Waals surface area contributed by atoms with Gasteiger partial charge < -0.3 is 15.6 Å². The monoisotopic (exact) mass is 309 g/mol. The minimum Gasteiger partial charge on any atom is -0.394 e. The second-order valence-electron chi connectivity index (χ2n) is 5.20. The quantitative estimate of drug-likeness (QED) is 0.760. The number of aromatic amines is 1. The molecule has 1 aliphatic rings. The van der Waals surface area contributed by atoms with Crippen LogP contribution in [0.4, 0.5) is 5.95 Å². The molecule has 0 radical (unpaired) electrons. The van der Waals surface area contributed by atoms with E-state index in [-0.39, 0.29) is 41.9 Å². The largest absolute Gasteiger partial charge is 0.394 e. The van der Waals surface area contributed by atoms with Crippen LogP contribution in [0.25, 0.3) is 11.2 Å². The standard InChI is InChI=1S/C12H17N5O3.C2H6/c1-5-3-7(4-18)20-11(5)17-6(2)14-8-9(17)15-12(13)16-10(8)19;1-2/h5,7,11,18H,3-4H2,1-2H3,(H3,13,15,16,19);1-2H3. The summed E-state index contributed by atoms with van der Waals surface area (Å²) >= 11 is 0. The molecule has 4 N–H and O–H groups in total. The van der Waals surface area contributed by atoms with Crippen molar-refractivity contribution >= 4 is 17.1 Å². The van der Waals surface area contributed by atoms with Crippen molar-refractivity contribution in [2.45, 2.75) is 46.4 Å². The molecule has 2 aromatic heterocycles. The fourth-order valence-corrected chi connectivity index (χ4v) is 2.77. The molecule has 22 heavy (non-hydrogen) atoms. The number of aryl methyl sites for hydroxylation is 1. The number of rotatable bonds is 2. The van der Waals surface area contributed by atoms with Gasteiger partial charge in [-0.3, -0.25) is 14.3 Å². The SMILES string of the molecule is CC.Cc1nc2c(=O)[nH]c(N)nc2n1C1OC(CO)CC1C. The number of aliphatic hydroxyl groups is 1. The van der Waals surface area contributed by atoms with Gasteiger partial charge in [-0.25, -0.2) is 4.98 Å². The summed E-state index contributed by atoms with van der Waals surface area (Å²) in [6.45, 7) is 7.80. The second-order valence-corrected chi connectivity index (χ2v) is 5.20. The number of nitrogens with one attached hydrogen (secondary N) is 1. The summed E-state index contributed by atoms with van der Waals surface area (Å²) in [5.74, 6) is 0.873. The molecule has 122 valence electrons. The Morgan fingerprint density at radius 1 is 1.45 bits per heavy atom. The van der Waals surface area contributed by atoms with Gasteiger partial charge >= 0.3 is 0 Å². The summed E-state index contributed by atoms with van der Waals surface area (Å²) < 4.78 is 7.59. The number of aliphatic hydroxyl groups excluding tert-OH is 1. The summed E-state index contributed by atoms with van der Waals surface area (Å²) in [5.41, 5.74) is 5.90. The Balaban J connectivity index is 0.000000847. The van der Waals surface area contributed by atoms with E-state index in [0.717, 1.165) is 6.42 Å². The van der Waals surface area contributed by atoms with Gasteiger partial charge in [0.2, 0.25) is 5.95 Å². The summed E-state index contributed by atoms with van der Waals surface area (Å²) in [4.78, 5) is 22.7. The van der Waals surface area contributed by atoms with E-state index < -0.39 is 0 Å². The van der Waals surface area contributed by atoms with E-state index in [2.05, 4.69) is 15.0 Å². The Morgan fingerprint density at radius 2 is 2.14 bits per heavy atom. The fourth-order valence-electron chi connectivity index (χ4n) is 2.77. The first-order chi connectivity index (χ1) is 10.5. The Kier molecular flexibility index (Phi) is 4.82. The Hall–Kier alpha value is -1.93. The molecular formula is C14H23N5O3. The molecule has 1 aliphatic heterocycles.